The molecule has 4 nitrogen and oxygen atoms in total. The molecule has 2 N–H and O–H groups in total. The van der Waals surface area contributed by atoms with E-state index in [1.807, 2.05) is 0 Å². The second kappa shape index (κ2) is 6.84. The van der Waals surface area contributed by atoms with Crippen molar-refractivity contribution in [3.05, 3.63) is 41.7 Å². The van der Waals surface area contributed by atoms with E-state index in [0.717, 1.165) is 5.56 Å². The first-order valence-electron chi connectivity index (χ1n) is 6.23. The molecule has 20 heavy (non-hydrogen) atoms. The average Bonchev–Trinajstić information content (AvgIpc) is 2.39. The van der Waals surface area contributed by atoms with Crippen LogP contribution in [0.5, 0.6) is 0 Å². The molecular formula is C15H18FNO3. The van der Waals surface area contributed by atoms with Crippen LogP contribution >= 0.6 is 0 Å². The van der Waals surface area contributed by atoms with E-state index >= 15 is 0 Å². The maximum Gasteiger partial charge on any atom is 0.310 e. The van der Waals surface area contributed by atoms with E-state index in [2.05, 4.69) is 5.32 Å². The van der Waals surface area contributed by atoms with E-state index in [0.29, 0.717) is 0 Å². The third-order valence-electron chi connectivity index (χ3n) is 2.79. The molecular weight excluding hydrogens is 261 g/mol. The van der Waals surface area contributed by atoms with Gasteiger partial charge >= 0.3 is 5.97 Å². The molecule has 1 aromatic carbocycles. The third-order valence-corrected chi connectivity index (χ3v) is 2.79. The number of halogens is 1. The molecule has 0 fully saturated rings. The summed E-state index contributed by atoms with van der Waals surface area (Å²) in [6, 6.07) is 5.90. The van der Waals surface area contributed by atoms with Gasteiger partial charge < -0.3 is 10.4 Å². The molecule has 0 aliphatic rings. The van der Waals surface area contributed by atoms with Crippen LogP contribution in [0, 0.1) is 11.2 Å². The van der Waals surface area contributed by atoms with Gasteiger partial charge in [0.1, 0.15) is 5.82 Å². The van der Waals surface area contributed by atoms with Gasteiger partial charge in [0, 0.05) is 13.0 Å². The fraction of sp³-hybridized carbons (Fsp3) is 0.333. The summed E-state index contributed by atoms with van der Waals surface area (Å²) in [4.78, 5) is 22.4. The normalized spacial score (nSPS) is 11.6. The summed E-state index contributed by atoms with van der Waals surface area (Å²) < 4.78 is 12.7. The largest absolute Gasteiger partial charge is 0.481 e. The van der Waals surface area contributed by atoms with Crippen molar-refractivity contribution in [1.29, 1.82) is 0 Å². The molecule has 1 aromatic rings. The van der Waals surface area contributed by atoms with Crippen molar-refractivity contribution >= 4 is 18.0 Å². The van der Waals surface area contributed by atoms with E-state index in [-0.39, 0.29) is 24.7 Å². The number of carboxylic acids is 1. The number of amides is 1. The highest BCUT2D eigenvalue weighted by molar-refractivity contribution is 5.80. The SMILES string of the molecule is CC(C)(CNC(=O)C/C=C/c1ccc(F)cc1)C(=O)O. The molecule has 0 heterocycles. The molecule has 1 rings (SSSR count). The first-order valence-corrected chi connectivity index (χ1v) is 6.23. The molecule has 0 saturated heterocycles. The number of benzene rings is 1. The summed E-state index contributed by atoms with van der Waals surface area (Å²) in [6.45, 7) is 3.17. The number of aliphatic carboxylic acids is 1. The summed E-state index contributed by atoms with van der Waals surface area (Å²) in [7, 11) is 0. The molecule has 0 unspecified atom stereocenters. The van der Waals surface area contributed by atoms with Gasteiger partial charge in [-0.25, -0.2) is 4.39 Å². The van der Waals surface area contributed by atoms with Crippen LogP contribution in [0.3, 0.4) is 0 Å². The first kappa shape index (κ1) is 15.9. The second-order valence-electron chi connectivity index (χ2n) is 5.12. The summed E-state index contributed by atoms with van der Waals surface area (Å²) in [5, 5.41) is 11.5. The van der Waals surface area contributed by atoms with Crippen LogP contribution in [0.2, 0.25) is 0 Å². The highest BCUT2D eigenvalue weighted by Crippen LogP contribution is 2.13. The summed E-state index contributed by atoms with van der Waals surface area (Å²) in [5.41, 5.74) is -0.193. The number of hydrogen-bond acceptors (Lipinski definition) is 2. The van der Waals surface area contributed by atoms with Crippen molar-refractivity contribution in [2.75, 3.05) is 6.54 Å². The first-order chi connectivity index (χ1) is 9.31. The second-order valence-corrected chi connectivity index (χ2v) is 5.12. The zero-order valence-electron chi connectivity index (χ0n) is 11.5. The lowest BCUT2D eigenvalue weighted by Gasteiger charge is -2.19. The van der Waals surface area contributed by atoms with E-state index < -0.39 is 11.4 Å². The van der Waals surface area contributed by atoms with Gasteiger partial charge in [0.15, 0.2) is 0 Å². The van der Waals surface area contributed by atoms with Gasteiger partial charge in [0.05, 0.1) is 5.41 Å². The maximum atomic E-state index is 12.7. The Morgan fingerprint density at radius 3 is 2.45 bits per heavy atom. The van der Waals surface area contributed by atoms with Crippen molar-refractivity contribution in [3.8, 4) is 0 Å². The molecule has 0 aromatic heterocycles. The zero-order valence-corrected chi connectivity index (χ0v) is 11.5. The van der Waals surface area contributed by atoms with E-state index in [1.54, 1.807) is 38.1 Å². The van der Waals surface area contributed by atoms with Crippen LogP contribution in [0.4, 0.5) is 4.39 Å². The molecule has 108 valence electrons. The Bertz CT molecular complexity index is 506. The number of carbonyl (C=O) groups excluding carboxylic acids is 1. The smallest absolute Gasteiger partial charge is 0.310 e. The van der Waals surface area contributed by atoms with Crippen molar-refractivity contribution in [3.63, 3.8) is 0 Å². The Balaban J connectivity index is 2.40. The number of rotatable bonds is 6. The lowest BCUT2D eigenvalue weighted by Crippen LogP contribution is -2.38. The van der Waals surface area contributed by atoms with Crippen LogP contribution in [-0.4, -0.2) is 23.5 Å². The molecule has 1 amide bonds. The Labute approximate surface area is 117 Å². The van der Waals surface area contributed by atoms with Gasteiger partial charge in [-0.1, -0.05) is 24.3 Å². The van der Waals surface area contributed by atoms with Crippen molar-refractivity contribution < 1.29 is 19.1 Å². The van der Waals surface area contributed by atoms with E-state index in [4.69, 9.17) is 5.11 Å². The van der Waals surface area contributed by atoms with Crippen LogP contribution in [-0.2, 0) is 9.59 Å². The fourth-order valence-corrected chi connectivity index (χ4v) is 1.34. The van der Waals surface area contributed by atoms with Gasteiger partial charge in [-0.05, 0) is 31.5 Å². The van der Waals surface area contributed by atoms with Gasteiger partial charge in [-0.3, -0.25) is 9.59 Å². The van der Waals surface area contributed by atoms with Crippen molar-refractivity contribution in [2.45, 2.75) is 20.3 Å². The minimum absolute atomic E-state index is 0.0750. The Morgan fingerprint density at radius 1 is 1.30 bits per heavy atom. The highest BCUT2D eigenvalue weighted by atomic mass is 19.1. The topological polar surface area (TPSA) is 66.4 Å². The fourth-order valence-electron chi connectivity index (χ4n) is 1.34. The van der Waals surface area contributed by atoms with Crippen LogP contribution in [0.1, 0.15) is 25.8 Å². The van der Waals surface area contributed by atoms with Gasteiger partial charge in [0.25, 0.3) is 0 Å². The maximum absolute atomic E-state index is 12.7. The van der Waals surface area contributed by atoms with Gasteiger partial charge in [-0.2, -0.15) is 0 Å². The lowest BCUT2D eigenvalue weighted by atomic mass is 9.94. The third kappa shape index (κ3) is 5.22. The Hall–Kier alpha value is -2.17. The molecule has 0 aliphatic heterocycles. The summed E-state index contributed by atoms with van der Waals surface area (Å²) in [5.74, 6) is -1.52. The predicted octanol–water partition coefficient (Wildman–Crippen LogP) is 2.46. The molecule has 0 radical (unpaired) electrons. The minimum Gasteiger partial charge on any atom is -0.481 e. The van der Waals surface area contributed by atoms with Crippen LogP contribution < -0.4 is 5.32 Å². The van der Waals surface area contributed by atoms with E-state index in [1.165, 1.54) is 12.1 Å². The van der Waals surface area contributed by atoms with Crippen LogP contribution in [0.15, 0.2) is 30.3 Å². The van der Waals surface area contributed by atoms with Gasteiger partial charge in [0.2, 0.25) is 5.91 Å². The lowest BCUT2D eigenvalue weighted by molar-refractivity contribution is -0.146. The minimum atomic E-state index is -0.990. The standard InChI is InChI=1S/C15H18FNO3/c1-15(2,14(19)20)10-17-13(18)5-3-4-11-6-8-12(16)9-7-11/h3-4,6-9H,5,10H2,1-2H3,(H,17,18)(H,19,20)/b4-3+. The molecule has 0 spiro atoms. The van der Waals surface area contributed by atoms with Gasteiger partial charge in [-0.15, -0.1) is 0 Å². The molecule has 0 saturated carbocycles. The molecule has 0 atom stereocenters. The zero-order chi connectivity index (χ0) is 15.2. The van der Waals surface area contributed by atoms with Crippen molar-refractivity contribution in [1.82, 2.24) is 5.32 Å². The molecule has 0 bridgehead atoms. The monoisotopic (exact) mass is 279 g/mol. The summed E-state index contributed by atoms with van der Waals surface area (Å²) >= 11 is 0. The average molecular weight is 279 g/mol. The number of hydrogen-bond donors (Lipinski definition) is 2. The van der Waals surface area contributed by atoms with Crippen LogP contribution in [0.25, 0.3) is 6.08 Å². The number of carboxylic acid groups (broad SMARTS) is 1. The Kier molecular flexibility index (Phi) is 5.43. The number of carbonyl (C=O) groups is 2. The highest BCUT2D eigenvalue weighted by Gasteiger charge is 2.27. The van der Waals surface area contributed by atoms with E-state index in [9.17, 15) is 14.0 Å². The predicted molar refractivity (Wildman–Crippen MR) is 74.5 cm³/mol. The number of nitrogens with one attached hydrogen (secondary N) is 1. The van der Waals surface area contributed by atoms with Crippen molar-refractivity contribution in [2.24, 2.45) is 5.41 Å². The Morgan fingerprint density at radius 2 is 1.90 bits per heavy atom. The summed E-state index contributed by atoms with van der Waals surface area (Å²) in [6.07, 6.45) is 3.50. The molecule has 5 heteroatoms. The molecule has 0 aliphatic carbocycles. The quantitative estimate of drug-likeness (QED) is 0.840.